The zero-order valence-corrected chi connectivity index (χ0v) is 12.0. The van der Waals surface area contributed by atoms with Crippen molar-refractivity contribution >= 4 is 18.1 Å². The summed E-state index contributed by atoms with van der Waals surface area (Å²) in [6, 6.07) is 6.88. The minimum atomic E-state index is -0.149. The molecular formula is C13H15N3O3S. The van der Waals surface area contributed by atoms with Crippen LogP contribution < -0.4 is 5.32 Å². The number of aromatic amines is 1. The molecule has 0 saturated heterocycles. The van der Waals surface area contributed by atoms with E-state index < -0.39 is 0 Å². The van der Waals surface area contributed by atoms with Gasteiger partial charge in [-0.05, 0) is 43.4 Å². The Kier molecular flexibility index (Phi) is 4.65. The van der Waals surface area contributed by atoms with E-state index in [1.165, 1.54) is 0 Å². The van der Waals surface area contributed by atoms with E-state index in [4.69, 9.17) is 21.4 Å². The SMILES string of the molecule is COC[C@H](C)NC(=O)c1ccc(-c2n[nH]c(=S)o2)cc1. The summed E-state index contributed by atoms with van der Waals surface area (Å²) in [6.45, 7) is 2.35. The van der Waals surface area contributed by atoms with E-state index in [1.54, 1.807) is 31.4 Å². The minimum Gasteiger partial charge on any atom is -0.409 e. The molecule has 2 aromatic rings. The van der Waals surface area contributed by atoms with Gasteiger partial charge in [-0.1, -0.05) is 0 Å². The summed E-state index contributed by atoms with van der Waals surface area (Å²) in [5.41, 5.74) is 1.31. The molecule has 0 spiro atoms. The maximum absolute atomic E-state index is 12.0. The van der Waals surface area contributed by atoms with Gasteiger partial charge in [0.1, 0.15) is 0 Å². The second-order valence-corrected chi connectivity index (χ2v) is 4.70. The van der Waals surface area contributed by atoms with Gasteiger partial charge < -0.3 is 14.5 Å². The predicted octanol–water partition coefficient (Wildman–Crippen LogP) is 2.16. The second kappa shape index (κ2) is 6.44. The molecule has 0 unspecified atom stereocenters. The molecule has 7 heteroatoms. The Hall–Kier alpha value is -1.99. The quantitative estimate of drug-likeness (QED) is 0.826. The molecule has 1 aromatic heterocycles. The predicted molar refractivity (Wildman–Crippen MR) is 75.9 cm³/mol. The van der Waals surface area contributed by atoms with Gasteiger partial charge in [-0.15, -0.1) is 5.10 Å². The van der Waals surface area contributed by atoms with Crippen molar-refractivity contribution in [3.05, 3.63) is 34.7 Å². The summed E-state index contributed by atoms with van der Waals surface area (Å²) in [5.74, 6) is 0.249. The van der Waals surface area contributed by atoms with E-state index in [2.05, 4.69) is 15.5 Å². The molecule has 1 aromatic carbocycles. The fourth-order valence-electron chi connectivity index (χ4n) is 1.72. The number of carbonyl (C=O) groups is 1. The number of ether oxygens (including phenoxy) is 1. The zero-order chi connectivity index (χ0) is 14.5. The fourth-order valence-corrected chi connectivity index (χ4v) is 1.84. The van der Waals surface area contributed by atoms with E-state index in [0.717, 1.165) is 5.56 Å². The van der Waals surface area contributed by atoms with Gasteiger partial charge in [0.05, 0.1) is 6.61 Å². The summed E-state index contributed by atoms with van der Waals surface area (Å²) in [5, 5.41) is 9.30. The van der Waals surface area contributed by atoms with Crippen LogP contribution in [0.2, 0.25) is 0 Å². The Morgan fingerprint density at radius 2 is 2.20 bits per heavy atom. The summed E-state index contributed by atoms with van der Waals surface area (Å²) in [6.07, 6.45) is 0. The normalized spacial score (nSPS) is 12.1. The Bertz CT molecular complexity index is 633. The lowest BCUT2D eigenvalue weighted by Crippen LogP contribution is -2.35. The standard InChI is InChI=1S/C13H15N3O3S/c1-8(7-18-2)14-11(17)9-3-5-10(6-4-9)12-15-16-13(20)19-12/h3-6,8H,7H2,1-2H3,(H,14,17)(H,16,20)/t8-/m0/s1. The van der Waals surface area contributed by atoms with Gasteiger partial charge in [0, 0.05) is 24.3 Å². The number of carbonyl (C=O) groups excluding carboxylic acids is 1. The molecule has 6 nitrogen and oxygen atoms in total. The highest BCUT2D eigenvalue weighted by atomic mass is 32.1. The molecule has 0 aliphatic carbocycles. The maximum atomic E-state index is 12.0. The Morgan fingerprint density at radius 3 is 2.75 bits per heavy atom. The van der Waals surface area contributed by atoms with Crippen LogP contribution in [0.1, 0.15) is 17.3 Å². The fraction of sp³-hybridized carbons (Fsp3) is 0.308. The van der Waals surface area contributed by atoms with Crippen molar-refractivity contribution in [2.45, 2.75) is 13.0 Å². The molecule has 0 aliphatic rings. The van der Waals surface area contributed by atoms with Crippen LogP contribution in [0.5, 0.6) is 0 Å². The molecule has 1 amide bonds. The van der Waals surface area contributed by atoms with Gasteiger partial charge in [0.2, 0.25) is 5.89 Å². The summed E-state index contributed by atoms with van der Waals surface area (Å²) < 4.78 is 10.2. The molecular weight excluding hydrogens is 278 g/mol. The first kappa shape index (κ1) is 14.4. The molecule has 0 radical (unpaired) electrons. The number of benzene rings is 1. The lowest BCUT2D eigenvalue weighted by molar-refractivity contribution is 0.0905. The van der Waals surface area contributed by atoms with Crippen LogP contribution >= 0.6 is 12.2 Å². The number of nitrogens with zero attached hydrogens (tertiary/aromatic N) is 1. The van der Waals surface area contributed by atoms with E-state index in [1.807, 2.05) is 6.92 Å². The third-order valence-corrected chi connectivity index (χ3v) is 2.80. The number of aromatic nitrogens is 2. The van der Waals surface area contributed by atoms with E-state index >= 15 is 0 Å². The summed E-state index contributed by atoms with van der Waals surface area (Å²) in [7, 11) is 1.60. The Labute approximate surface area is 121 Å². The van der Waals surface area contributed by atoms with Gasteiger partial charge in [-0.2, -0.15) is 0 Å². The second-order valence-electron chi connectivity index (χ2n) is 4.33. The number of methoxy groups -OCH3 is 1. The molecule has 1 heterocycles. The number of nitrogens with one attached hydrogen (secondary N) is 2. The number of hydrogen-bond donors (Lipinski definition) is 2. The number of amides is 1. The van der Waals surface area contributed by atoms with E-state index in [-0.39, 0.29) is 16.8 Å². The van der Waals surface area contributed by atoms with Crippen molar-refractivity contribution in [2.24, 2.45) is 0 Å². The maximum Gasteiger partial charge on any atom is 0.284 e. The van der Waals surface area contributed by atoms with Crippen molar-refractivity contribution < 1.29 is 13.9 Å². The average molecular weight is 293 g/mol. The molecule has 1 atom stereocenters. The molecule has 0 bridgehead atoms. The highest BCUT2D eigenvalue weighted by Crippen LogP contribution is 2.17. The molecule has 106 valence electrons. The number of H-pyrrole nitrogens is 1. The Morgan fingerprint density at radius 1 is 1.50 bits per heavy atom. The summed E-state index contributed by atoms with van der Waals surface area (Å²) in [4.78, 5) is 12.2. The lowest BCUT2D eigenvalue weighted by atomic mass is 10.1. The summed E-state index contributed by atoms with van der Waals surface area (Å²) >= 11 is 4.81. The number of hydrogen-bond acceptors (Lipinski definition) is 5. The van der Waals surface area contributed by atoms with Gasteiger partial charge in [0.25, 0.3) is 10.7 Å². The monoisotopic (exact) mass is 293 g/mol. The molecule has 0 saturated carbocycles. The smallest absolute Gasteiger partial charge is 0.284 e. The topological polar surface area (TPSA) is 80.1 Å². The highest BCUT2D eigenvalue weighted by Gasteiger charge is 2.10. The van der Waals surface area contributed by atoms with Gasteiger partial charge in [-0.3, -0.25) is 4.79 Å². The van der Waals surface area contributed by atoms with Crippen LogP contribution in [0.15, 0.2) is 28.7 Å². The van der Waals surface area contributed by atoms with Gasteiger partial charge >= 0.3 is 0 Å². The first-order valence-corrected chi connectivity index (χ1v) is 6.46. The van der Waals surface area contributed by atoms with Crippen molar-refractivity contribution in [2.75, 3.05) is 13.7 Å². The number of rotatable bonds is 5. The highest BCUT2D eigenvalue weighted by molar-refractivity contribution is 7.71. The van der Waals surface area contributed by atoms with E-state index in [9.17, 15) is 4.79 Å². The van der Waals surface area contributed by atoms with Crippen molar-refractivity contribution in [3.63, 3.8) is 0 Å². The zero-order valence-electron chi connectivity index (χ0n) is 11.2. The third-order valence-electron chi connectivity index (χ3n) is 2.63. The lowest BCUT2D eigenvalue weighted by Gasteiger charge is -2.12. The van der Waals surface area contributed by atoms with Crippen molar-refractivity contribution in [1.29, 1.82) is 0 Å². The van der Waals surface area contributed by atoms with Gasteiger partial charge in [0.15, 0.2) is 0 Å². The average Bonchev–Trinajstić information content (AvgIpc) is 2.86. The Balaban J connectivity index is 2.08. The first-order chi connectivity index (χ1) is 9.60. The molecule has 0 aliphatic heterocycles. The van der Waals surface area contributed by atoms with Crippen molar-refractivity contribution in [3.8, 4) is 11.5 Å². The largest absolute Gasteiger partial charge is 0.409 e. The molecule has 2 N–H and O–H groups in total. The molecule has 0 fully saturated rings. The van der Waals surface area contributed by atoms with Gasteiger partial charge in [-0.25, -0.2) is 5.10 Å². The minimum absolute atomic E-state index is 0.0451. The first-order valence-electron chi connectivity index (χ1n) is 6.06. The van der Waals surface area contributed by atoms with Crippen molar-refractivity contribution in [1.82, 2.24) is 15.5 Å². The van der Waals surface area contributed by atoms with E-state index in [0.29, 0.717) is 18.1 Å². The third kappa shape index (κ3) is 3.52. The molecule has 20 heavy (non-hydrogen) atoms. The van der Waals surface area contributed by atoms with Crippen LogP contribution in [0.25, 0.3) is 11.5 Å². The van der Waals surface area contributed by atoms with Crippen LogP contribution in [0, 0.1) is 4.84 Å². The van der Waals surface area contributed by atoms with Crippen LogP contribution in [-0.2, 0) is 4.74 Å². The molecule has 2 rings (SSSR count). The van der Waals surface area contributed by atoms with Crippen LogP contribution in [-0.4, -0.2) is 35.9 Å². The van der Waals surface area contributed by atoms with Crippen LogP contribution in [0.3, 0.4) is 0 Å². The van der Waals surface area contributed by atoms with Crippen LogP contribution in [0.4, 0.5) is 0 Å².